The van der Waals surface area contributed by atoms with E-state index in [-0.39, 0.29) is 12.4 Å². The van der Waals surface area contributed by atoms with Gasteiger partial charge in [-0.3, -0.25) is 4.79 Å². The molecule has 0 saturated heterocycles. The van der Waals surface area contributed by atoms with Crippen LogP contribution in [0, 0.1) is 12.3 Å². The van der Waals surface area contributed by atoms with E-state index in [0.717, 1.165) is 5.56 Å². The van der Waals surface area contributed by atoms with E-state index in [1.165, 1.54) is 37.7 Å². The highest BCUT2D eigenvalue weighted by Gasteiger charge is 2.15. The summed E-state index contributed by atoms with van der Waals surface area (Å²) in [4.78, 5) is 11.6. The molecule has 0 aliphatic heterocycles. The molecule has 1 unspecified atom stereocenters. The molecule has 0 spiro atoms. The second kappa shape index (κ2) is 7.68. The maximum absolute atomic E-state index is 11.6. The van der Waals surface area contributed by atoms with Gasteiger partial charge in [0.2, 0.25) is 4.11 Å². The Balaban J connectivity index is 1.91. The third kappa shape index (κ3) is 4.52. The summed E-state index contributed by atoms with van der Waals surface area (Å²) < 4.78 is 4.58. The van der Waals surface area contributed by atoms with Crippen LogP contribution in [0.2, 0.25) is 0 Å². The van der Waals surface area contributed by atoms with E-state index in [1.54, 1.807) is 0 Å². The van der Waals surface area contributed by atoms with Crippen molar-refractivity contribution in [2.45, 2.75) is 48.6 Å². The molecule has 0 heterocycles. The van der Waals surface area contributed by atoms with Gasteiger partial charge in [0.25, 0.3) is 0 Å². The normalized spacial score (nSPS) is 17.2. The summed E-state index contributed by atoms with van der Waals surface area (Å²) in [5.41, 5.74) is 2.38. The molecule has 1 aromatic carbocycles. The number of carbonyl (C=O) groups excluding carboxylic acids is 1. The van der Waals surface area contributed by atoms with Crippen molar-refractivity contribution >= 4 is 28.6 Å². The van der Waals surface area contributed by atoms with Crippen molar-refractivity contribution in [1.29, 1.82) is 0 Å². The van der Waals surface area contributed by atoms with Crippen LogP contribution in [0.5, 0.6) is 0 Å². The van der Waals surface area contributed by atoms with E-state index in [2.05, 4.69) is 18.1 Å². The molecule has 0 aromatic heterocycles. The molecule has 1 fully saturated rings. The molecule has 3 heteroatoms. The first-order valence-corrected chi connectivity index (χ1v) is 8.32. The second-order valence-corrected chi connectivity index (χ2v) is 6.36. The van der Waals surface area contributed by atoms with Crippen molar-refractivity contribution in [3.8, 4) is 12.3 Å². The number of hydrogen-bond donors (Lipinski definition) is 0. The Labute approximate surface area is 134 Å². The summed E-state index contributed by atoms with van der Waals surface area (Å²) in [6.07, 6.45) is 12.1. The Morgan fingerprint density at radius 2 is 1.95 bits per heavy atom. The Kier molecular flexibility index (Phi) is 5.90. The minimum Gasteiger partial charge on any atom is -0.439 e. The van der Waals surface area contributed by atoms with E-state index in [4.69, 9.17) is 11.2 Å². The van der Waals surface area contributed by atoms with Gasteiger partial charge in [0, 0.05) is 0 Å². The molecule has 2 rings (SSSR count). The molecule has 0 bridgehead atoms. The number of halogens is 1. The van der Waals surface area contributed by atoms with Gasteiger partial charge in [-0.25, -0.2) is 0 Å². The van der Waals surface area contributed by atoms with Crippen LogP contribution in [0.1, 0.15) is 49.1 Å². The average Bonchev–Trinajstić information content (AvgIpc) is 2.48. The lowest BCUT2D eigenvalue weighted by molar-refractivity contribution is -0.142. The zero-order chi connectivity index (χ0) is 14.4. The van der Waals surface area contributed by atoms with Crippen molar-refractivity contribution < 1.29 is 9.53 Å². The van der Waals surface area contributed by atoms with Crippen LogP contribution in [-0.2, 0) is 16.0 Å². The van der Waals surface area contributed by atoms with Crippen LogP contribution in [0.4, 0.5) is 0 Å². The summed E-state index contributed by atoms with van der Waals surface area (Å²) in [6.45, 7) is 0. The highest BCUT2D eigenvalue weighted by molar-refractivity contribution is 14.1. The van der Waals surface area contributed by atoms with Crippen molar-refractivity contribution in [3.63, 3.8) is 0 Å². The van der Waals surface area contributed by atoms with E-state index in [1.807, 2.05) is 34.7 Å². The maximum atomic E-state index is 11.6. The lowest BCUT2D eigenvalue weighted by Gasteiger charge is -2.22. The highest BCUT2D eigenvalue weighted by atomic mass is 127. The fourth-order valence-electron chi connectivity index (χ4n) is 2.70. The number of terminal acetylenes is 1. The fraction of sp³-hybridized carbons (Fsp3) is 0.471. The van der Waals surface area contributed by atoms with Gasteiger partial charge in [-0.2, -0.15) is 0 Å². The van der Waals surface area contributed by atoms with Gasteiger partial charge in [0.15, 0.2) is 0 Å². The molecule has 2 nitrogen and oxygen atoms in total. The molecule has 1 aliphatic rings. The Hall–Kier alpha value is -1.02. The van der Waals surface area contributed by atoms with Crippen LogP contribution in [0.3, 0.4) is 0 Å². The van der Waals surface area contributed by atoms with Gasteiger partial charge < -0.3 is 4.74 Å². The summed E-state index contributed by atoms with van der Waals surface area (Å²) in [5, 5.41) is 0. The lowest BCUT2D eigenvalue weighted by Crippen LogP contribution is -2.13. The third-order valence-corrected chi connectivity index (χ3v) is 4.38. The minimum atomic E-state index is -0.485. The topological polar surface area (TPSA) is 26.3 Å². The molecule has 0 amide bonds. The van der Waals surface area contributed by atoms with Crippen molar-refractivity contribution in [2.24, 2.45) is 0 Å². The summed E-state index contributed by atoms with van der Waals surface area (Å²) >= 11 is 1.92. The maximum Gasteiger partial charge on any atom is 0.312 e. The van der Waals surface area contributed by atoms with E-state index < -0.39 is 4.11 Å². The van der Waals surface area contributed by atoms with Gasteiger partial charge in [-0.15, -0.1) is 6.42 Å². The molecule has 1 atom stereocenters. The number of benzene rings is 1. The van der Waals surface area contributed by atoms with Crippen LogP contribution >= 0.6 is 22.6 Å². The van der Waals surface area contributed by atoms with Crippen LogP contribution in [0.15, 0.2) is 24.3 Å². The number of alkyl halides is 1. The molecular weight excluding hydrogens is 363 g/mol. The summed E-state index contributed by atoms with van der Waals surface area (Å²) in [7, 11) is 0. The van der Waals surface area contributed by atoms with Crippen LogP contribution < -0.4 is 0 Å². The van der Waals surface area contributed by atoms with Crippen molar-refractivity contribution in [1.82, 2.24) is 0 Å². The first-order chi connectivity index (χ1) is 9.69. The van der Waals surface area contributed by atoms with Crippen LogP contribution in [-0.4, -0.2) is 10.1 Å². The Bertz CT molecular complexity index is 481. The molecule has 1 saturated carbocycles. The van der Waals surface area contributed by atoms with Crippen LogP contribution in [0.25, 0.3) is 0 Å². The number of ether oxygens (including phenoxy) is 1. The van der Waals surface area contributed by atoms with Gasteiger partial charge in [0.05, 0.1) is 6.42 Å². The van der Waals surface area contributed by atoms with Gasteiger partial charge >= 0.3 is 5.97 Å². The number of carbonyl (C=O) groups is 1. The lowest BCUT2D eigenvalue weighted by atomic mass is 9.84. The molecule has 1 aromatic rings. The van der Waals surface area contributed by atoms with Gasteiger partial charge in [-0.1, -0.05) is 49.4 Å². The Morgan fingerprint density at radius 1 is 1.30 bits per heavy atom. The first kappa shape index (κ1) is 15.4. The number of rotatable bonds is 4. The van der Waals surface area contributed by atoms with E-state index in [0.29, 0.717) is 5.92 Å². The Morgan fingerprint density at radius 3 is 2.55 bits per heavy atom. The predicted molar refractivity (Wildman–Crippen MR) is 88.7 cm³/mol. The zero-order valence-corrected chi connectivity index (χ0v) is 13.6. The average molecular weight is 382 g/mol. The van der Waals surface area contributed by atoms with Crippen molar-refractivity contribution in [3.05, 3.63) is 35.4 Å². The van der Waals surface area contributed by atoms with E-state index in [9.17, 15) is 4.79 Å². The molecular formula is C17H19IO2. The molecule has 20 heavy (non-hydrogen) atoms. The quantitative estimate of drug-likeness (QED) is 0.338. The highest BCUT2D eigenvalue weighted by Crippen LogP contribution is 2.32. The monoisotopic (exact) mass is 382 g/mol. The smallest absolute Gasteiger partial charge is 0.312 e. The molecule has 0 radical (unpaired) electrons. The van der Waals surface area contributed by atoms with Gasteiger partial charge in [0.1, 0.15) is 0 Å². The first-order valence-electron chi connectivity index (χ1n) is 7.07. The third-order valence-electron chi connectivity index (χ3n) is 3.77. The standard InChI is InChI=1S/C17H19IO2/c1-2-16(18)20-17(19)12-13-8-10-15(11-9-13)14-6-4-3-5-7-14/h1,8-11,14,16H,3-7,12H2. The van der Waals surface area contributed by atoms with E-state index >= 15 is 0 Å². The predicted octanol–water partition coefficient (Wildman–Crippen LogP) is 4.21. The summed E-state index contributed by atoms with van der Waals surface area (Å²) in [5.74, 6) is 2.81. The minimum absolute atomic E-state index is 0.271. The second-order valence-electron chi connectivity index (χ2n) is 5.23. The fourth-order valence-corrected chi connectivity index (χ4v) is 2.98. The number of hydrogen-bond acceptors (Lipinski definition) is 2. The SMILES string of the molecule is C#CC(I)OC(=O)Cc1ccc(C2CCCCC2)cc1. The zero-order valence-electron chi connectivity index (χ0n) is 11.5. The number of esters is 1. The molecule has 106 valence electrons. The largest absolute Gasteiger partial charge is 0.439 e. The summed E-state index contributed by atoms with van der Waals surface area (Å²) in [6, 6.07) is 8.37. The van der Waals surface area contributed by atoms with Crippen molar-refractivity contribution in [2.75, 3.05) is 0 Å². The molecule has 0 N–H and O–H groups in total. The molecule has 1 aliphatic carbocycles. The van der Waals surface area contributed by atoms with Gasteiger partial charge in [-0.05, 0) is 52.5 Å².